The van der Waals surface area contributed by atoms with Crippen molar-refractivity contribution in [3.8, 4) is 11.5 Å². The van der Waals surface area contributed by atoms with Gasteiger partial charge in [-0.3, -0.25) is 4.79 Å². The lowest BCUT2D eigenvalue weighted by Gasteiger charge is -2.08. The molecule has 0 bridgehead atoms. The summed E-state index contributed by atoms with van der Waals surface area (Å²) in [4.78, 5) is 11.8. The van der Waals surface area contributed by atoms with Crippen LogP contribution >= 0.6 is 11.6 Å². The number of rotatable bonds is 6. The van der Waals surface area contributed by atoms with Crippen LogP contribution in [0.3, 0.4) is 0 Å². The Morgan fingerprint density at radius 1 is 1.08 bits per heavy atom. The third kappa shape index (κ3) is 4.85. The molecule has 9 heteroatoms. The van der Waals surface area contributed by atoms with Gasteiger partial charge in [0.15, 0.2) is 11.5 Å². The van der Waals surface area contributed by atoms with Crippen LogP contribution in [0.15, 0.2) is 42.5 Å². The molecule has 0 fully saturated rings. The van der Waals surface area contributed by atoms with Gasteiger partial charge in [-0.2, -0.15) is 0 Å². The first-order valence-corrected chi connectivity index (χ1v) is 9.36. The van der Waals surface area contributed by atoms with E-state index in [1.54, 1.807) is 42.5 Å². The summed E-state index contributed by atoms with van der Waals surface area (Å²) in [5.41, 5.74) is 1.07. The molecule has 0 unspecified atom stereocenters. The maximum Gasteiger partial charge on any atom is 0.239 e. The van der Waals surface area contributed by atoms with E-state index < -0.39 is 15.9 Å². The summed E-state index contributed by atoms with van der Waals surface area (Å²) in [6, 6.07) is 11.4. The number of hydrogen-bond donors (Lipinski definition) is 2. The standard InChI is InChI=1S/C16H15ClN2O5S/c17-12-2-4-13(5-3-12)19-16(20)8-18-25(21,22)9-11-1-6-14-15(7-11)24-10-23-14/h1-7,18H,8-10H2,(H,19,20). The van der Waals surface area contributed by atoms with Crippen LogP contribution in [0.1, 0.15) is 5.56 Å². The second-order valence-corrected chi connectivity index (χ2v) is 7.57. The van der Waals surface area contributed by atoms with E-state index in [9.17, 15) is 13.2 Å². The maximum absolute atomic E-state index is 12.1. The molecule has 0 saturated carbocycles. The Bertz CT molecular complexity index is 884. The summed E-state index contributed by atoms with van der Waals surface area (Å²) >= 11 is 5.76. The first kappa shape index (κ1) is 17.5. The van der Waals surface area contributed by atoms with Crippen LogP contribution in [-0.4, -0.2) is 27.7 Å². The quantitative estimate of drug-likeness (QED) is 0.798. The number of benzene rings is 2. The Balaban J connectivity index is 1.54. The first-order valence-electron chi connectivity index (χ1n) is 7.32. The summed E-state index contributed by atoms with van der Waals surface area (Å²) in [6.07, 6.45) is 0. The molecule has 2 aromatic rings. The fourth-order valence-electron chi connectivity index (χ4n) is 2.22. The molecule has 132 valence electrons. The van der Waals surface area contributed by atoms with Crippen LogP contribution in [0.5, 0.6) is 11.5 Å². The van der Waals surface area contributed by atoms with Crippen LogP contribution in [-0.2, 0) is 20.6 Å². The van der Waals surface area contributed by atoms with Gasteiger partial charge in [0.1, 0.15) is 0 Å². The lowest BCUT2D eigenvalue weighted by atomic mass is 10.2. The predicted octanol–water partition coefficient (Wildman–Crippen LogP) is 2.13. The maximum atomic E-state index is 12.1. The van der Waals surface area contributed by atoms with Crippen molar-refractivity contribution in [3.63, 3.8) is 0 Å². The van der Waals surface area contributed by atoms with Crippen LogP contribution < -0.4 is 19.5 Å². The molecule has 0 spiro atoms. The van der Waals surface area contributed by atoms with Gasteiger partial charge in [0.05, 0.1) is 12.3 Å². The zero-order valence-electron chi connectivity index (χ0n) is 13.0. The number of nitrogens with one attached hydrogen (secondary N) is 2. The second kappa shape index (κ2) is 7.30. The van der Waals surface area contributed by atoms with Crippen molar-refractivity contribution in [1.82, 2.24) is 4.72 Å². The van der Waals surface area contributed by atoms with E-state index in [1.807, 2.05) is 0 Å². The molecule has 7 nitrogen and oxygen atoms in total. The molecule has 0 atom stereocenters. The van der Waals surface area contributed by atoms with Crippen LogP contribution in [0.4, 0.5) is 5.69 Å². The third-order valence-corrected chi connectivity index (χ3v) is 4.92. The molecular formula is C16H15ClN2O5S. The monoisotopic (exact) mass is 382 g/mol. The van der Waals surface area contributed by atoms with Crippen molar-refractivity contribution >= 4 is 33.2 Å². The van der Waals surface area contributed by atoms with Crippen molar-refractivity contribution in [3.05, 3.63) is 53.1 Å². The van der Waals surface area contributed by atoms with Gasteiger partial charge >= 0.3 is 0 Å². The minimum absolute atomic E-state index is 0.120. The van der Waals surface area contributed by atoms with Gasteiger partial charge in [0, 0.05) is 10.7 Å². The minimum atomic E-state index is -3.67. The number of carbonyl (C=O) groups excluding carboxylic acids is 1. The summed E-state index contributed by atoms with van der Waals surface area (Å²) in [6.45, 7) is -0.246. The van der Waals surface area contributed by atoms with E-state index in [0.717, 1.165) is 0 Å². The van der Waals surface area contributed by atoms with Crippen molar-refractivity contribution in [2.75, 3.05) is 18.7 Å². The molecule has 0 aromatic heterocycles. The largest absolute Gasteiger partial charge is 0.454 e. The normalized spacial score (nSPS) is 12.8. The smallest absolute Gasteiger partial charge is 0.239 e. The second-order valence-electron chi connectivity index (χ2n) is 5.32. The molecule has 2 N–H and O–H groups in total. The van der Waals surface area contributed by atoms with E-state index in [1.165, 1.54) is 0 Å². The number of hydrogen-bond acceptors (Lipinski definition) is 5. The average Bonchev–Trinajstić information content (AvgIpc) is 3.03. The molecule has 0 radical (unpaired) electrons. The van der Waals surface area contributed by atoms with E-state index in [-0.39, 0.29) is 19.1 Å². The molecule has 1 heterocycles. The predicted molar refractivity (Wildman–Crippen MR) is 93.3 cm³/mol. The summed E-state index contributed by atoms with van der Waals surface area (Å²) < 4.78 is 36.9. The highest BCUT2D eigenvalue weighted by Gasteiger charge is 2.18. The number of amides is 1. The van der Waals surface area contributed by atoms with Gasteiger partial charge < -0.3 is 14.8 Å². The number of halogens is 1. The third-order valence-electron chi connectivity index (χ3n) is 3.37. The highest BCUT2D eigenvalue weighted by Crippen LogP contribution is 2.32. The van der Waals surface area contributed by atoms with E-state index in [2.05, 4.69) is 10.0 Å². The van der Waals surface area contributed by atoms with Crippen molar-refractivity contribution < 1.29 is 22.7 Å². The van der Waals surface area contributed by atoms with Gasteiger partial charge in [-0.1, -0.05) is 17.7 Å². The number of anilines is 1. The molecule has 3 rings (SSSR count). The van der Waals surface area contributed by atoms with E-state index in [4.69, 9.17) is 21.1 Å². The number of carbonyl (C=O) groups is 1. The topological polar surface area (TPSA) is 93.7 Å². The van der Waals surface area contributed by atoms with Gasteiger partial charge in [-0.05, 0) is 42.0 Å². The molecule has 0 aliphatic carbocycles. The number of ether oxygens (including phenoxy) is 2. The Kier molecular flexibility index (Phi) is 5.12. The SMILES string of the molecule is O=C(CNS(=O)(=O)Cc1ccc2c(c1)OCO2)Nc1ccc(Cl)cc1. The van der Waals surface area contributed by atoms with E-state index >= 15 is 0 Å². The van der Waals surface area contributed by atoms with Gasteiger partial charge in [0.2, 0.25) is 22.7 Å². The molecule has 0 saturated heterocycles. The van der Waals surface area contributed by atoms with Crippen LogP contribution in [0, 0.1) is 0 Å². The van der Waals surface area contributed by atoms with Gasteiger partial charge in [0.25, 0.3) is 0 Å². The fraction of sp³-hybridized carbons (Fsp3) is 0.188. The Hall–Kier alpha value is -2.29. The average molecular weight is 383 g/mol. The van der Waals surface area contributed by atoms with Crippen molar-refractivity contribution in [2.45, 2.75) is 5.75 Å². The Labute approximate surface area is 149 Å². The van der Waals surface area contributed by atoms with Crippen LogP contribution in [0.25, 0.3) is 0 Å². The Morgan fingerprint density at radius 3 is 2.56 bits per heavy atom. The zero-order chi connectivity index (χ0) is 17.9. The Morgan fingerprint density at radius 2 is 1.80 bits per heavy atom. The van der Waals surface area contributed by atoms with Crippen molar-refractivity contribution in [2.24, 2.45) is 0 Å². The number of fused-ring (bicyclic) bond motifs is 1. The fourth-order valence-corrected chi connectivity index (χ4v) is 3.41. The lowest BCUT2D eigenvalue weighted by Crippen LogP contribution is -2.33. The number of sulfonamides is 1. The summed E-state index contributed by atoms with van der Waals surface area (Å²) in [5, 5.41) is 3.12. The van der Waals surface area contributed by atoms with Gasteiger partial charge in [-0.15, -0.1) is 0 Å². The highest BCUT2D eigenvalue weighted by molar-refractivity contribution is 7.88. The lowest BCUT2D eigenvalue weighted by molar-refractivity contribution is -0.115. The van der Waals surface area contributed by atoms with Crippen molar-refractivity contribution in [1.29, 1.82) is 0 Å². The van der Waals surface area contributed by atoms with Gasteiger partial charge in [-0.25, -0.2) is 13.1 Å². The molecular weight excluding hydrogens is 368 g/mol. The van der Waals surface area contributed by atoms with E-state index in [0.29, 0.717) is 27.8 Å². The molecule has 1 amide bonds. The minimum Gasteiger partial charge on any atom is -0.454 e. The summed E-state index contributed by atoms with van der Waals surface area (Å²) in [7, 11) is -3.67. The zero-order valence-corrected chi connectivity index (χ0v) is 14.6. The molecule has 1 aliphatic rings. The summed E-state index contributed by atoms with van der Waals surface area (Å²) in [5.74, 6) is 0.346. The first-order chi connectivity index (χ1) is 11.9. The van der Waals surface area contributed by atoms with Crippen LogP contribution in [0.2, 0.25) is 5.02 Å². The molecule has 1 aliphatic heterocycles. The highest BCUT2D eigenvalue weighted by atomic mass is 35.5. The molecule has 2 aromatic carbocycles. The molecule has 25 heavy (non-hydrogen) atoms.